The largest absolute Gasteiger partial charge is 0.481 e. The number of benzene rings is 2. The van der Waals surface area contributed by atoms with E-state index in [1.807, 2.05) is 61.1 Å². The number of imidazole rings is 1. The van der Waals surface area contributed by atoms with E-state index in [-0.39, 0.29) is 5.43 Å². The first-order chi connectivity index (χ1) is 16.7. The first-order valence-corrected chi connectivity index (χ1v) is 11.3. The normalized spacial score (nSPS) is 11.5. The topological polar surface area (TPSA) is 73.4 Å². The van der Waals surface area contributed by atoms with Crippen LogP contribution in [-0.4, -0.2) is 33.1 Å². The van der Waals surface area contributed by atoms with Gasteiger partial charge in [-0.3, -0.25) is 9.69 Å². The Balaban J connectivity index is 1.42. The zero-order chi connectivity index (χ0) is 23.3. The Morgan fingerprint density at radius 1 is 1.06 bits per heavy atom. The summed E-state index contributed by atoms with van der Waals surface area (Å²) < 4.78 is 13.4. The van der Waals surface area contributed by atoms with Gasteiger partial charge >= 0.3 is 0 Å². The summed E-state index contributed by atoms with van der Waals surface area (Å²) in [5.41, 5.74) is 2.37. The highest BCUT2D eigenvalue weighted by atomic mass is 16.5. The Kier molecular flexibility index (Phi) is 6.35. The lowest BCUT2D eigenvalue weighted by Crippen LogP contribution is -2.27. The van der Waals surface area contributed by atoms with Crippen LogP contribution in [0.1, 0.15) is 17.5 Å². The molecule has 3 heterocycles. The molecule has 0 radical (unpaired) electrons. The maximum Gasteiger partial charge on any atom is 0.213 e. The highest BCUT2D eigenvalue weighted by Crippen LogP contribution is 2.24. The summed E-state index contributed by atoms with van der Waals surface area (Å²) in [7, 11) is 1.61. The zero-order valence-corrected chi connectivity index (χ0v) is 19.1. The number of hydrogen-bond donors (Lipinski definition) is 0. The summed E-state index contributed by atoms with van der Waals surface area (Å²) in [6, 6.07) is 15.7. The van der Waals surface area contributed by atoms with Crippen LogP contribution in [0.2, 0.25) is 0 Å². The molecular formula is C27H26N4O3. The van der Waals surface area contributed by atoms with Crippen molar-refractivity contribution < 1.29 is 9.15 Å². The van der Waals surface area contributed by atoms with Crippen molar-refractivity contribution >= 4 is 21.7 Å². The minimum atomic E-state index is 0.0129. The lowest BCUT2D eigenvalue weighted by Gasteiger charge is -2.22. The molecule has 0 bridgehead atoms. The van der Waals surface area contributed by atoms with Crippen molar-refractivity contribution in [1.82, 2.24) is 19.4 Å². The van der Waals surface area contributed by atoms with Crippen LogP contribution < -0.4 is 10.2 Å². The van der Waals surface area contributed by atoms with Crippen molar-refractivity contribution in [3.8, 4) is 5.88 Å². The van der Waals surface area contributed by atoms with Crippen LogP contribution in [0.3, 0.4) is 0 Å². The van der Waals surface area contributed by atoms with Crippen molar-refractivity contribution in [2.24, 2.45) is 0 Å². The molecule has 0 N–H and O–H groups in total. The van der Waals surface area contributed by atoms with Crippen LogP contribution in [-0.2, 0) is 19.6 Å². The van der Waals surface area contributed by atoms with Crippen LogP contribution in [0.15, 0.2) is 88.9 Å². The number of pyridine rings is 1. The summed E-state index contributed by atoms with van der Waals surface area (Å²) in [5.74, 6) is 0.577. The predicted octanol–water partition coefficient (Wildman–Crippen LogP) is 4.64. The molecule has 0 atom stereocenters. The summed E-state index contributed by atoms with van der Waals surface area (Å²) in [6.45, 7) is 2.81. The van der Waals surface area contributed by atoms with E-state index in [0.29, 0.717) is 35.5 Å². The number of hydrogen-bond acceptors (Lipinski definition) is 6. The molecule has 5 rings (SSSR count). The number of nitrogens with zero attached hydrogens (tertiary/aromatic N) is 4. The van der Waals surface area contributed by atoms with Crippen LogP contribution in [0.4, 0.5) is 0 Å². The van der Waals surface area contributed by atoms with Gasteiger partial charge in [-0.1, -0.05) is 30.3 Å². The highest BCUT2D eigenvalue weighted by Gasteiger charge is 2.14. The molecule has 0 fully saturated rings. The van der Waals surface area contributed by atoms with Crippen molar-refractivity contribution in [2.45, 2.75) is 26.1 Å². The maximum absolute atomic E-state index is 13.4. The third-order valence-electron chi connectivity index (χ3n) is 5.99. The van der Waals surface area contributed by atoms with Gasteiger partial charge in [0.1, 0.15) is 5.58 Å². The molecule has 0 aliphatic rings. The third-order valence-corrected chi connectivity index (χ3v) is 5.99. The van der Waals surface area contributed by atoms with Crippen LogP contribution >= 0.6 is 0 Å². The fraction of sp³-hybridized carbons (Fsp3) is 0.222. The SMILES string of the molecule is COc1cc(CN(CCCn2ccnc2)Cc2coc3c(ccc4ccccc43)c2=O)ccn1. The zero-order valence-electron chi connectivity index (χ0n) is 19.1. The molecule has 172 valence electrons. The van der Waals surface area contributed by atoms with Crippen molar-refractivity contribution in [1.29, 1.82) is 0 Å². The Labute approximate surface area is 197 Å². The summed E-state index contributed by atoms with van der Waals surface area (Å²) in [4.78, 5) is 24.0. The minimum Gasteiger partial charge on any atom is -0.481 e. The van der Waals surface area contributed by atoms with Gasteiger partial charge in [-0.05, 0) is 29.5 Å². The second-order valence-corrected chi connectivity index (χ2v) is 8.32. The van der Waals surface area contributed by atoms with E-state index in [0.717, 1.165) is 35.8 Å². The fourth-order valence-corrected chi connectivity index (χ4v) is 4.28. The molecule has 0 unspecified atom stereocenters. The predicted molar refractivity (Wildman–Crippen MR) is 132 cm³/mol. The van der Waals surface area contributed by atoms with E-state index in [1.165, 1.54) is 0 Å². The van der Waals surface area contributed by atoms with Crippen molar-refractivity contribution in [2.75, 3.05) is 13.7 Å². The van der Waals surface area contributed by atoms with Gasteiger partial charge in [0, 0.05) is 61.8 Å². The van der Waals surface area contributed by atoms with Crippen LogP contribution in [0.5, 0.6) is 5.88 Å². The molecule has 0 amide bonds. The lowest BCUT2D eigenvalue weighted by atomic mass is 10.1. The van der Waals surface area contributed by atoms with E-state index in [4.69, 9.17) is 9.15 Å². The van der Waals surface area contributed by atoms with Gasteiger partial charge in [0.25, 0.3) is 0 Å². The number of aromatic nitrogens is 3. The minimum absolute atomic E-state index is 0.0129. The van der Waals surface area contributed by atoms with Gasteiger partial charge in [0.05, 0.1) is 25.1 Å². The molecule has 0 spiro atoms. The van der Waals surface area contributed by atoms with E-state index in [9.17, 15) is 4.79 Å². The second kappa shape index (κ2) is 9.89. The van der Waals surface area contributed by atoms with Gasteiger partial charge < -0.3 is 13.7 Å². The smallest absolute Gasteiger partial charge is 0.213 e. The van der Waals surface area contributed by atoms with Gasteiger partial charge in [-0.25, -0.2) is 9.97 Å². The third kappa shape index (κ3) is 4.70. The molecule has 2 aromatic carbocycles. The van der Waals surface area contributed by atoms with E-state index in [1.54, 1.807) is 25.8 Å². The molecule has 3 aromatic heterocycles. The standard InChI is InChI=1S/C27H26N4O3/c1-33-25-15-20(9-10-29-25)16-31(13-4-12-30-14-11-28-19-30)17-22-18-34-27-23-6-3-2-5-21(23)7-8-24(27)26(22)32/h2-3,5-11,14-15,18-19H,4,12-13,16-17H2,1H3. The van der Waals surface area contributed by atoms with Crippen LogP contribution in [0, 0.1) is 0 Å². The number of ether oxygens (including phenoxy) is 1. The second-order valence-electron chi connectivity index (χ2n) is 8.32. The Morgan fingerprint density at radius 3 is 2.82 bits per heavy atom. The highest BCUT2D eigenvalue weighted by molar-refractivity contribution is 6.03. The van der Waals surface area contributed by atoms with Crippen LogP contribution in [0.25, 0.3) is 21.7 Å². The van der Waals surface area contributed by atoms with Gasteiger partial charge in [-0.2, -0.15) is 0 Å². The van der Waals surface area contributed by atoms with E-state index < -0.39 is 0 Å². The van der Waals surface area contributed by atoms with Crippen molar-refractivity contribution in [3.05, 3.63) is 101 Å². The molecule has 34 heavy (non-hydrogen) atoms. The number of aryl methyl sites for hydroxylation is 1. The number of fused-ring (bicyclic) bond motifs is 3. The molecule has 0 aliphatic heterocycles. The van der Waals surface area contributed by atoms with E-state index in [2.05, 4.69) is 19.4 Å². The number of methoxy groups -OCH3 is 1. The molecule has 5 aromatic rings. The average molecular weight is 455 g/mol. The maximum atomic E-state index is 13.4. The van der Waals surface area contributed by atoms with Gasteiger partial charge in [-0.15, -0.1) is 0 Å². The monoisotopic (exact) mass is 454 g/mol. The molecule has 7 heteroatoms. The number of rotatable bonds is 9. The van der Waals surface area contributed by atoms with E-state index >= 15 is 0 Å². The Morgan fingerprint density at radius 2 is 1.97 bits per heavy atom. The quantitative estimate of drug-likeness (QED) is 0.302. The first kappa shape index (κ1) is 21.9. The Bertz CT molecular complexity index is 1460. The molecule has 0 saturated carbocycles. The first-order valence-electron chi connectivity index (χ1n) is 11.3. The summed E-state index contributed by atoms with van der Waals surface area (Å²) in [5, 5.41) is 2.61. The lowest BCUT2D eigenvalue weighted by molar-refractivity contribution is 0.245. The molecule has 0 aliphatic carbocycles. The Hall–Kier alpha value is -3.97. The average Bonchev–Trinajstić information content (AvgIpc) is 3.39. The molecule has 7 nitrogen and oxygen atoms in total. The summed E-state index contributed by atoms with van der Waals surface area (Å²) >= 11 is 0. The van der Waals surface area contributed by atoms with Crippen molar-refractivity contribution in [3.63, 3.8) is 0 Å². The summed E-state index contributed by atoms with van der Waals surface area (Å²) in [6.07, 6.45) is 9.84. The van der Waals surface area contributed by atoms with Gasteiger partial charge in [0.2, 0.25) is 5.88 Å². The fourth-order valence-electron chi connectivity index (χ4n) is 4.28. The van der Waals surface area contributed by atoms with Gasteiger partial charge in [0.15, 0.2) is 5.43 Å². The molecule has 0 saturated heterocycles. The molecular weight excluding hydrogens is 428 g/mol.